The molecule has 1 unspecified atom stereocenters. The normalized spacial score (nSPS) is 14.2. The van der Waals surface area contributed by atoms with Crippen molar-refractivity contribution in [3.63, 3.8) is 0 Å². The van der Waals surface area contributed by atoms with Gasteiger partial charge >= 0.3 is 5.97 Å². The average Bonchev–Trinajstić information content (AvgIpc) is 1.67. The van der Waals surface area contributed by atoms with E-state index in [4.69, 9.17) is 28.3 Å². The second-order valence-corrected chi connectivity index (χ2v) is 1.78. The van der Waals surface area contributed by atoms with Crippen LogP contribution >= 0.6 is 23.2 Å². The highest BCUT2D eigenvalue weighted by atomic mass is 35.5. The second kappa shape index (κ2) is 3.75. The van der Waals surface area contributed by atoms with Crippen LogP contribution in [0.1, 0.15) is 0 Å². The van der Waals surface area contributed by atoms with Crippen LogP contribution in [-0.2, 0) is 4.79 Å². The van der Waals surface area contributed by atoms with Gasteiger partial charge in [-0.1, -0.05) is 11.6 Å². The van der Waals surface area contributed by atoms with Crippen molar-refractivity contribution in [1.29, 1.82) is 0 Å². The van der Waals surface area contributed by atoms with Gasteiger partial charge < -0.3 is 5.11 Å². The van der Waals surface area contributed by atoms with E-state index in [0.717, 1.165) is 5.54 Å². The van der Waals surface area contributed by atoms with Crippen LogP contribution in [-0.4, -0.2) is 16.5 Å². The molecule has 0 saturated carbocycles. The van der Waals surface area contributed by atoms with Gasteiger partial charge in [0.1, 0.15) is 5.38 Å². The zero-order valence-corrected chi connectivity index (χ0v) is 5.36. The van der Waals surface area contributed by atoms with Crippen molar-refractivity contribution in [3.05, 3.63) is 11.6 Å². The number of alkyl halides is 1. The number of hydrogen-bond donors (Lipinski definition) is 1. The maximum atomic E-state index is 9.85. The van der Waals surface area contributed by atoms with E-state index in [1.807, 2.05) is 0 Å². The lowest BCUT2D eigenvalue weighted by atomic mass is 10.4. The molecule has 0 aromatic carbocycles. The number of carboxylic acid groups (broad SMARTS) is 1. The maximum absolute atomic E-state index is 9.85. The first-order chi connectivity index (χ1) is 3.68. The molecule has 0 aliphatic carbocycles. The minimum absolute atomic E-state index is 1.01. The number of rotatable bonds is 2. The molecule has 0 radical (unpaired) electrons. The minimum atomic E-state index is -1.09. The Bertz CT molecular complexity index is 111. The third kappa shape index (κ3) is 2.88. The summed E-state index contributed by atoms with van der Waals surface area (Å²) in [6, 6.07) is 0. The first kappa shape index (κ1) is 7.79. The Morgan fingerprint density at radius 3 is 2.38 bits per heavy atom. The summed E-state index contributed by atoms with van der Waals surface area (Å²) in [5.74, 6) is -1.09. The van der Waals surface area contributed by atoms with Crippen LogP contribution in [0.15, 0.2) is 11.6 Å². The van der Waals surface area contributed by atoms with Crippen molar-refractivity contribution < 1.29 is 9.90 Å². The van der Waals surface area contributed by atoms with Gasteiger partial charge in [-0.3, -0.25) is 4.79 Å². The number of halogens is 2. The molecule has 0 heterocycles. The molecule has 0 rings (SSSR count). The van der Waals surface area contributed by atoms with Gasteiger partial charge in [0.15, 0.2) is 0 Å². The minimum Gasteiger partial charge on any atom is -0.480 e. The van der Waals surface area contributed by atoms with Crippen LogP contribution in [0, 0.1) is 0 Å². The molecule has 0 aliphatic heterocycles. The van der Waals surface area contributed by atoms with Gasteiger partial charge in [0, 0.05) is 5.54 Å². The summed E-state index contributed by atoms with van der Waals surface area (Å²) < 4.78 is 0. The van der Waals surface area contributed by atoms with E-state index in [1.54, 1.807) is 0 Å². The van der Waals surface area contributed by atoms with E-state index < -0.39 is 11.3 Å². The third-order valence-corrected chi connectivity index (χ3v) is 0.955. The predicted molar refractivity (Wildman–Crippen MR) is 32.3 cm³/mol. The molecule has 1 N–H and O–H groups in total. The van der Waals surface area contributed by atoms with E-state index >= 15 is 0 Å². The molecule has 0 aliphatic rings. The first-order valence-corrected chi connectivity index (χ1v) is 2.69. The monoisotopic (exact) mass is 154 g/mol. The molecular formula is C4H4Cl2O2. The fourth-order valence-corrected chi connectivity index (χ4v) is 0.439. The van der Waals surface area contributed by atoms with Crippen molar-refractivity contribution in [2.75, 3.05) is 0 Å². The predicted octanol–water partition coefficient (Wildman–Crippen LogP) is 1.43. The summed E-state index contributed by atoms with van der Waals surface area (Å²) in [7, 11) is 0. The van der Waals surface area contributed by atoms with Crippen LogP contribution in [0.4, 0.5) is 0 Å². The van der Waals surface area contributed by atoms with Crippen molar-refractivity contribution in [3.8, 4) is 0 Å². The van der Waals surface area contributed by atoms with Crippen LogP contribution in [0.25, 0.3) is 0 Å². The highest BCUT2D eigenvalue weighted by Crippen LogP contribution is 1.97. The molecule has 0 amide bonds. The Labute approximate surface area is 56.7 Å². The number of aliphatic carboxylic acids is 1. The quantitative estimate of drug-likeness (QED) is 0.612. The van der Waals surface area contributed by atoms with Crippen molar-refractivity contribution in [2.45, 2.75) is 5.38 Å². The molecular weight excluding hydrogens is 151 g/mol. The number of carbonyl (C=O) groups is 1. The molecule has 0 aromatic rings. The summed E-state index contributed by atoms with van der Waals surface area (Å²) >= 11 is 10.2. The van der Waals surface area contributed by atoms with Gasteiger partial charge in [0.05, 0.1) is 0 Å². The van der Waals surface area contributed by atoms with Crippen LogP contribution in [0.2, 0.25) is 0 Å². The largest absolute Gasteiger partial charge is 0.480 e. The average molecular weight is 155 g/mol. The summed E-state index contributed by atoms with van der Waals surface area (Å²) in [6.45, 7) is 0. The standard InChI is InChI=1S/C4H4Cl2O2/c5-2-1-3(6)4(7)8/h1-3H,(H,7,8). The number of hydrogen-bond acceptors (Lipinski definition) is 1. The fourth-order valence-electron chi connectivity index (χ4n) is 0.146. The highest BCUT2D eigenvalue weighted by molar-refractivity contribution is 6.32. The van der Waals surface area contributed by atoms with E-state index in [9.17, 15) is 4.79 Å². The number of carboxylic acids is 1. The molecule has 0 bridgehead atoms. The Kier molecular flexibility index (Phi) is 3.65. The molecule has 0 saturated heterocycles. The van der Waals surface area contributed by atoms with E-state index in [2.05, 4.69) is 0 Å². The molecule has 0 aromatic heterocycles. The van der Waals surface area contributed by atoms with Gasteiger partial charge in [0.25, 0.3) is 0 Å². The maximum Gasteiger partial charge on any atom is 0.325 e. The summed E-state index contributed by atoms with van der Waals surface area (Å²) in [5.41, 5.74) is 1.08. The molecule has 2 nitrogen and oxygen atoms in total. The van der Waals surface area contributed by atoms with Gasteiger partial charge in [-0.2, -0.15) is 0 Å². The molecule has 46 valence electrons. The SMILES string of the molecule is O=C(O)C(Cl)C=CCl. The van der Waals surface area contributed by atoms with Crippen molar-refractivity contribution >= 4 is 29.2 Å². The highest BCUT2D eigenvalue weighted by Gasteiger charge is 2.06. The lowest BCUT2D eigenvalue weighted by Crippen LogP contribution is -2.08. The van der Waals surface area contributed by atoms with Crippen LogP contribution in [0.5, 0.6) is 0 Å². The molecule has 1 atom stereocenters. The molecule has 4 heteroatoms. The summed E-state index contributed by atoms with van der Waals surface area (Å²) in [6.07, 6.45) is 1.17. The van der Waals surface area contributed by atoms with Crippen molar-refractivity contribution in [2.24, 2.45) is 0 Å². The van der Waals surface area contributed by atoms with Gasteiger partial charge in [-0.25, -0.2) is 0 Å². The Hall–Kier alpha value is -0.210. The van der Waals surface area contributed by atoms with E-state index in [-0.39, 0.29) is 0 Å². The summed E-state index contributed by atoms with van der Waals surface area (Å²) in [5, 5.41) is 7.06. The Morgan fingerprint density at radius 1 is 1.75 bits per heavy atom. The first-order valence-electron chi connectivity index (χ1n) is 1.82. The Morgan fingerprint density at radius 2 is 2.25 bits per heavy atom. The van der Waals surface area contributed by atoms with Crippen LogP contribution in [0.3, 0.4) is 0 Å². The third-order valence-electron chi connectivity index (χ3n) is 0.478. The van der Waals surface area contributed by atoms with E-state index in [0.29, 0.717) is 0 Å². The molecule has 0 spiro atoms. The Balaban J connectivity index is 3.64. The molecule has 8 heavy (non-hydrogen) atoms. The zero-order valence-electron chi connectivity index (χ0n) is 3.84. The van der Waals surface area contributed by atoms with E-state index in [1.165, 1.54) is 6.08 Å². The van der Waals surface area contributed by atoms with Crippen LogP contribution < -0.4 is 0 Å². The fraction of sp³-hybridized carbons (Fsp3) is 0.250. The van der Waals surface area contributed by atoms with Gasteiger partial charge in [-0.05, 0) is 6.08 Å². The van der Waals surface area contributed by atoms with Crippen molar-refractivity contribution in [1.82, 2.24) is 0 Å². The van der Waals surface area contributed by atoms with Gasteiger partial charge in [-0.15, -0.1) is 11.6 Å². The van der Waals surface area contributed by atoms with Gasteiger partial charge in [0.2, 0.25) is 0 Å². The molecule has 0 fully saturated rings. The summed E-state index contributed by atoms with van der Waals surface area (Å²) in [4.78, 5) is 9.85. The zero-order chi connectivity index (χ0) is 6.57. The lowest BCUT2D eigenvalue weighted by molar-refractivity contribution is -0.135. The smallest absolute Gasteiger partial charge is 0.325 e. The second-order valence-electron chi connectivity index (χ2n) is 1.06. The lowest BCUT2D eigenvalue weighted by Gasteiger charge is -1.90. The topological polar surface area (TPSA) is 37.3 Å².